The summed E-state index contributed by atoms with van der Waals surface area (Å²) in [5, 5.41) is 8.78. The van der Waals surface area contributed by atoms with Gasteiger partial charge in [-0.2, -0.15) is 0 Å². The second kappa shape index (κ2) is 6.55. The van der Waals surface area contributed by atoms with Crippen LogP contribution in [0.2, 0.25) is 0 Å². The molecule has 0 spiro atoms. The van der Waals surface area contributed by atoms with E-state index in [0.717, 1.165) is 5.69 Å². The maximum atomic E-state index is 12.5. The summed E-state index contributed by atoms with van der Waals surface area (Å²) in [6.45, 7) is -0.225. The van der Waals surface area contributed by atoms with Crippen molar-refractivity contribution in [2.45, 2.75) is 0 Å². The van der Waals surface area contributed by atoms with E-state index in [0.29, 0.717) is 11.1 Å². The maximum Gasteiger partial charge on any atom is 0.259 e. The lowest BCUT2D eigenvalue weighted by molar-refractivity contribution is 0.0993. The summed E-state index contributed by atoms with van der Waals surface area (Å²) >= 11 is 0. The first-order valence-electron chi connectivity index (χ1n) is 6.26. The van der Waals surface area contributed by atoms with Crippen LogP contribution in [0, 0.1) is 11.8 Å². The van der Waals surface area contributed by atoms with Gasteiger partial charge in [0, 0.05) is 18.3 Å². The minimum atomic E-state index is -0.225. The molecular formula is C17H15NO2. The average molecular weight is 265 g/mol. The molecule has 100 valence electrons. The molecule has 1 amide bonds. The highest BCUT2D eigenvalue weighted by Crippen LogP contribution is 2.16. The first-order valence-corrected chi connectivity index (χ1v) is 6.26. The molecule has 0 heterocycles. The van der Waals surface area contributed by atoms with Gasteiger partial charge in [0.2, 0.25) is 0 Å². The summed E-state index contributed by atoms with van der Waals surface area (Å²) in [4.78, 5) is 14.1. The van der Waals surface area contributed by atoms with E-state index in [2.05, 4.69) is 11.8 Å². The van der Waals surface area contributed by atoms with Crippen LogP contribution in [-0.4, -0.2) is 24.7 Å². The van der Waals surface area contributed by atoms with Gasteiger partial charge in [0.1, 0.15) is 6.61 Å². The summed E-state index contributed by atoms with van der Waals surface area (Å²) in [6, 6.07) is 16.6. The van der Waals surface area contributed by atoms with Gasteiger partial charge in [-0.1, -0.05) is 42.2 Å². The molecule has 2 aromatic rings. The molecule has 3 nitrogen and oxygen atoms in total. The number of benzene rings is 2. The van der Waals surface area contributed by atoms with E-state index in [4.69, 9.17) is 5.11 Å². The Morgan fingerprint density at radius 3 is 2.45 bits per heavy atom. The van der Waals surface area contributed by atoms with Crippen LogP contribution < -0.4 is 4.90 Å². The van der Waals surface area contributed by atoms with Gasteiger partial charge in [-0.3, -0.25) is 4.79 Å². The fourth-order valence-corrected chi connectivity index (χ4v) is 1.86. The van der Waals surface area contributed by atoms with Crippen LogP contribution in [-0.2, 0) is 0 Å². The number of hydrogen-bond donors (Lipinski definition) is 1. The topological polar surface area (TPSA) is 40.5 Å². The van der Waals surface area contributed by atoms with E-state index >= 15 is 0 Å². The lowest BCUT2D eigenvalue weighted by Gasteiger charge is -2.18. The number of hydrogen-bond acceptors (Lipinski definition) is 2. The average Bonchev–Trinajstić information content (AvgIpc) is 2.52. The highest BCUT2D eigenvalue weighted by atomic mass is 16.2. The molecule has 0 saturated heterocycles. The summed E-state index contributed by atoms with van der Waals surface area (Å²) in [5.74, 6) is 5.25. The van der Waals surface area contributed by atoms with Gasteiger partial charge in [0.15, 0.2) is 0 Å². The zero-order valence-corrected chi connectivity index (χ0v) is 11.2. The van der Waals surface area contributed by atoms with E-state index in [1.54, 1.807) is 30.1 Å². The third kappa shape index (κ3) is 3.05. The molecule has 0 aromatic heterocycles. The summed E-state index contributed by atoms with van der Waals surface area (Å²) in [6.07, 6.45) is 0. The number of anilines is 1. The monoisotopic (exact) mass is 265 g/mol. The normalized spacial score (nSPS) is 9.50. The minimum absolute atomic E-state index is 0.126. The van der Waals surface area contributed by atoms with Gasteiger partial charge in [0.05, 0.1) is 5.56 Å². The molecule has 0 aliphatic carbocycles. The molecule has 0 radical (unpaired) electrons. The first-order chi connectivity index (χ1) is 9.74. The maximum absolute atomic E-state index is 12.5. The Labute approximate surface area is 118 Å². The van der Waals surface area contributed by atoms with Crippen LogP contribution in [0.5, 0.6) is 0 Å². The third-order valence-corrected chi connectivity index (χ3v) is 2.91. The number of carbonyl (C=O) groups is 1. The van der Waals surface area contributed by atoms with Crippen LogP contribution in [0.3, 0.4) is 0 Å². The van der Waals surface area contributed by atoms with E-state index in [-0.39, 0.29) is 12.5 Å². The predicted octanol–water partition coefficient (Wildman–Crippen LogP) is 2.31. The van der Waals surface area contributed by atoms with Crippen LogP contribution in [0.4, 0.5) is 5.69 Å². The van der Waals surface area contributed by atoms with Crippen molar-refractivity contribution < 1.29 is 9.90 Å². The lowest BCUT2D eigenvalue weighted by Crippen LogP contribution is -2.26. The second-order valence-corrected chi connectivity index (χ2v) is 4.21. The van der Waals surface area contributed by atoms with Crippen molar-refractivity contribution in [3.05, 3.63) is 65.7 Å². The molecule has 0 fully saturated rings. The van der Waals surface area contributed by atoms with E-state index in [9.17, 15) is 4.79 Å². The molecule has 0 saturated carbocycles. The fraction of sp³-hybridized carbons (Fsp3) is 0.118. The number of carbonyl (C=O) groups excluding carboxylic acids is 1. The van der Waals surface area contributed by atoms with Gasteiger partial charge in [-0.05, 0) is 24.3 Å². The van der Waals surface area contributed by atoms with Crippen molar-refractivity contribution in [3.8, 4) is 11.8 Å². The molecule has 1 N–H and O–H groups in total. The van der Waals surface area contributed by atoms with Crippen molar-refractivity contribution in [3.63, 3.8) is 0 Å². The molecule has 2 rings (SSSR count). The van der Waals surface area contributed by atoms with E-state index < -0.39 is 0 Å². The largest absolute Gasteiger partial charge is 0.384 e. The molecular weight excluding hydrogens is 250 g/mol. The molecule has 0 bridgehead atoms. The quantitative estimate of drug-likeness (QED) is 0.846. The van der Waals surface area contributed by atoms with Crippen molar-refractivity contribution in [1.82, 2.24) is 0 Å². The number of aliphatic hydroxyl groups is 1. The number of para-hydroxylation sites is 1. The standard InChI is InChI=1S/C17H15NO2/c1-18(15-10-3-2-4-11-15)17(20)16-12-6-5-8-14(16)9-7-13-19/h2-6,8,10-12,19H,13H2,1H3. The smallest absolute Gasteiger partial charge is 0.259 e. The zero-order chi connectivity index (χ0) is 14.4. The highest BCUT2D eigenvalue weighted by Gasteiger charge is 2.15. The van der Waals surface area contributed by atoms with Gasteiger partial charge in [-0.25, -0.2) is 0 Å². The number of nitrogens with zero attached hydrogens (tertiary/aromatic N) is 1. The van der Waals surface area contributed by atoms with Gasteiger partial charge in [-0.15, -0.1) is 0 Å². The van der Waals surface area contributed by atoms with Crippen molar-refractivity contribution in [2.75, 3.05) is 18.6 Å². The summed E-state index contributed by atoms with van der Waals surface area (Å²) in [7, 11) is 1.73. The zero-order valence-electron chi connectivity index (χ0n) is 11.2. The number of amides is 1. The Morgan fingerprint density at radius 1 is 1.10 bits per heavy atom. The Morgan fingerprint density at radius 2 is 1.75 bits per heavy atom. The van der Waals surface area contributed by atoms with Crippen molar-refractivity contribution >= 4 is 11.6 Å². The van der Waals surface area contributed by atoms with Gasteiger partial charge >= 0.3 is 0 Å². The highest BCUT2D eigenvalue weighted by molar-refractivity contribution is 6.07. The molecule has 2 aromatic carbocycles. The Hall–Kier alpha value is -2.57. The van der Waals surface area contributed by atoms with Crippen LogP contribution >= 0.6 is 0 Å². The minimum Gasteiger partial charge on any atom is -0.384 e. The van der Waals surface area contributed by atoms with E-state index in [1.807, 2.05) is 36.4 Å². The molecule has 0 aliphatic rings. The SMILES string of the molecule is CN(C(=O)c1ccccc1C#CCO)c1ccccc1. The Bertz CT molecular complexity index is 653. The Balaban J connectivity index is 2.34. The lowest BCUT2D eigenvalue weighted by atomic mass is 10.1. The Kier molecular flexibility index (Phi) is 4.54. The first kappa shape index (κ1) is 13.9. The number of aliphatic hydroxyl groups excluding tert-OH is 1. The fourth-order valence-electron chi connectivity index (χ4n) is 1.86. The molecule has 0 unspecified atom stereocenters. The van der Waals surface area contributed by atoms with Crippen molar-refractivity contribution in [1.29, 1.82) is 0 Å². The van der Waals surface area contributed by atoms with Crippen LogP contribution in [0.25, 0.3) is 0 Å². The molecule has 0 aliphatic heterocycles. The van der Waals surface area contributed by atoms with E-state index in [1.165, 1.54) is 0 Å². The van der Waals surface area contributed by atoms with Gasteiger partial charge in [0.25, 0.3) is 5.91 Å². The molecule has 3 heteroatoms. The molecule has 20 heavy (non-hydrogen) atoms. The molecule has 0 atom stereocenters. The van der Waals surface area contributed by atoms with Crippen molar-refractivity contribution in [2.24, 2.45) is 0 Å². The predicted molar refractivity (Wildman–Crippen MR) is 79.6 cm³/mol. The van der Waals surface area contributed by atoms with Crippen LogP contribution in [0.15, 0.2) is 54.6 Å². The van der Waals surface area contributed by atoms with Crippen LogP contribution in [0.1, 0.15) is 15.9 Å². The number of rotatable bonds is 2. The second-order valence-electron chi connectivity index (χ2n) is 4.21. The van der Waals surface area contributed by atoms with Gasteiger partial charge < -0.3 is 10.0 Å². The summed E-state index contributed by atoms with van der Waals surface area (Å²) < 4.78 is 0. The summed E-state index contributed by atoms with van der Waals surface area (Å²) in [5.41, 5.74) is 1.97. The third-order valence-electron chi connectivity index (χ3n) is 2.91.